The van der Waals surface area contributed by atoms with Gasteiger partial charge >= 0.3 is 0 Å². The smallest absolute Gasteiger partial charge is 0.213 e. The van der Waals surface area contributed by atoms with Crippen LogP contribution in [0.25, 0.3) is 0 Å². The molecule has 35 heavy (non-hydrogen) atoms. The maximum Gasteiger partial charge on any atom is 0.213 e. The molecule has 1 unspecified atom stereocenters. The third-order valence-corrected chi connectivity index (χ3v) is 8.20. The van der Waals surface area contributed by atoms with E-state index in [1.165, 1.54) is 23.4 Å². The van der Waals surface area contributed by atoms with Crippen molar-refractivity contribution < 1.29 is 17.6 Å². The maximum absolute atomic E-state index is 15.3. The summed E-state index contributed by atoms with van der Waals surface area (Å²) >= 11 is 0. The lowest BCUT2D eigenvalue weighted by Gasteiger charge is -2.25. The van der Waals surface area contributed by atoms with Gasteiger partial charge in [0.05, 0.1) is 12.2 Å². The van der Waals surface area contributed by atoms with E-state index in [4.69, 9.17) is 4.84 Å². The Kier molecular flexibility index (Phi) is 6.04. The minimum absolute atomic E-state index is 0.0686. The number of oxime groups is 1. The molecule has 0 amide bonds. The first kappa shape index (κ1) is 23.4. The van der Waals surface area contributed by atoms with Crippen LogP contribution in [0.1, 0.15) is 52.5 Å². The van der Waals surface area contributed by atoms with E-state index < -0.39 is 15.7 Å². The molecule has 7 nitrogen and oxygen atoms in total. The van der Waals surface area contributed by atoms with Crippen LogP contribution in [0.3, 0.4) is 0 Å². The molecule has 1 fully saturated rings. The van der Waals surface area contributed by atoms with Crippen molar-refractivity contribution in [3.05, 3.63) is 82.2 Å². The van der Waals surface area contributed by atoms with Crippen molar-refractivity contribution >= 4 is 15.7 Å². The standard InChI is InChI=1S/C26H27FN4O3S/c1-15-7-8-19(16(2)11-15)12-20-14-34-31-26(30-20)25-23(13-28-17(3)29-25)35(32,33)22-6-4-5-21(24(22)27)18-9-10-18/h4-8,11,13,18,20H,9-10,12,14H2,1-3H3,(H,30,31). The molecule has 0 radical (unpaired) electrons. The number of halogens is 1. The summed E-state index contributed by atoms with van der Waals surface area (Å²) in [5.41, 5.74) is 4.02. The first-order valence-corrected chi connectivity index (χ1v) is 13.1. The highest BCUT2D eigenvalue weighted by atomic mass is 32.2. The van der Waals surface area contributed by atoms with Crippen molar-refractivity contribution in [2.75, 3.05) is 6.61 Å². The number of aryl methyl sites for hydroxylation is 3. The summed E-state index contributed by atoms with van der Waals surface area (Å²) < 4.78 is 42.5. The summed E-state index contributed by atoms with van der Waals surface area (Å²) in [6, 6.07) is 10.6. The molecule has 1 aromatic heterocycles. The van der Waals surface area contributed by atoms with Crippen molar-refractivity contribution in [1.29, 1.82) is 0 Å². The Balaban J connectivity index is 1.49. The fraction of sp³-hybridized carbons (Fsp3) is 0.346. The maximum atomic E-state index is 15.3. The Morgan fingerprint density at radius 1 is 1.11 bits per heavy atom. The summed E-state index contributed by atoms with van der Waals surface area (Å²) in [6.45, 7) is 6.09. The SMILES string of the molecule is Cc1ccc(CC2CON=C(c3nc(C)ncc3S(=O)(=O)c3cccc(C4CC4)c3F)N2)c(C)c1. The molecule has 0 saturated heterocycles. The van der Waals surface area contributed by atoms with Gasteiger partial charge in [-0.15, -0.1) is 0 Å². The van der Waals surface area contributed by atoms with Crippen LogP contribution in [0.15, 0.2) is 57.5 Å². The van der Waals surface area contributed by atoms with E-state index >= 15 is 4.39 Å². The predicted molar refractivity (Wildman–Crippen MR) is 130 cm³/mol. The molecule has 1 saturated carbocycles. The molecule has 2 aliphatic rings. The van der Waals surface area contributed by atoms with Gasteiger partial charge in [0.25, 0.3) is 0 Å². The van der Waals surface area contributed by atoms with Crippen molar-refractivity contribution in [2.45, 2.75) is 61.8 Å². The summed E-state index contributed by atoms with van der Waals surface area (Å²) in [4.78, 5) is 13.4. The Morgan fingerprint density at radius 3 is 2.66 bits per heavy atom. The van der Waals surface area contributed by atoms with E-state index in [9.17, 15) is 8.42 Å². The van der Waals surface area contributed by atoms with Gasteiger partial charge < -0.3 is 10.2 Å². The van der Waals surface area contributed by atoms with Gasteiger partial charge in [0, 0.05) is 0 Å². The van der Waals surface area contributed by atoms with Gasteiger partial charge in [-0.3, -0.25) is 0 Å². The van der Waals surface area contributed by atoms with E-state index in [0.717, 1.165) is 18.4 Å². The van der Waals surface area contributed by atoms with Gasteiger partial charge in [-0.05, 0) is 68.7 Å². The highest BCUT2D eigenvalue weighted by molar-refractivity contribution is 7.91. The number of aromatic nitrogens is 2. The minimum atomic E-state index is -4.26. The van der Waals surface area contributed by atoms with Gasteiger partial charge in [-0.1, -0.05) is 41.1 Å². The molecule has 2 aromatic carbocycles. The van der Waals surface area contributed by atoms with E-state index in [1.54, 1.807) is 19.1 Å². The molecule has 1 aliphatic carbocycles. The van der Waals surface area contributed by atoms with Crippen molar-refractivity contribution in [3.8, 4) is 0 Å². The number of hydrogen-bond acceptors (Lipinski definition) is 7. The Morgan fingerprint density at radius 2 is 1.91 bits per heavy atom. The average molecular weight is 495 g/mol. The molecule has 1 aliphatic heterocycles. The first-order valence-electron chi connectivity index (χ1n) is 11.6. The normalized spacial score (nSPS) is 17.9. The molecule has 1 atom stereocenters. The summed E-state index contributed by atoms with van der Waals surface area (Å²) in [6.07, 6.45) is 3.60. The van der Waals surface area contributed by atoms with Crippen LogP contribution in [0.2, 0.25) is 0 Å². The largest absolute Gasteiger partial charge is 0.392 e. The fourth-order valence-electron chi connectivity index (χ4n) is 4.40. The highest BCUT2D eigenvalue weighted by Crippen LogP contribution is 2.42. The number of rotatable bonds is 6. The number of sulfone groups is 1. The number of nitrogens with one attached hydrogen (secondary N) is 1. The van der Waals surface area contributed by atoms with E-state index in [1.807, 2.05) is 6.92 Å². The van der Waals surface area contributed by atoms with Crippen LogP contribution in [-0.4, -0.2) is 36.9 Å². The Labute approximate surface area is 204 Å². The van der Waals surface area contributed by atoms with E-state index in [-0.39, 0.29) is 33.3 Å². The molecule has 2 heterocycles. The fourth-order valence-corrected chi connectivity index (χ4v) is 5.84. The Hall–Kier alpha value is -3.33. The molecule has 0 spiro atoms. The number of amidine groups is 1. The zero-order valence-corrected chi connectivity index (χ0v) is 20.7. The number of hydrogen-bond donors (Lipinski definition) is 1. The molecule has 3 aromatic rings. The van der Waals surface area contributed by atoms with Crippen LogP contribution >= 0.6 is 0 Å². The van der Waals surface area contributed by atoms with Crippen molar-refractivity contribution in [2.24, 2.45) is 5.16 Å². The highest BCUT2D eigenvalue weighted by Gasteiger charge is 2.34. The van der Waals surface area contributed by atoms with Crippen molar-refractivity contribution in [1.82, 2.24) is 15.3 Å². The summed E-state index contributed by atoms with van der Waals surface area (Å²) in [7, 11) is -4.26. The monoisotopic (exact) mass is 494 g/mol. The van der Waals surface area contributed by atoms with Gasteiger partial charge in [-0.25, -0.2) is 22.8 Å². The number of nitrogens with zero attached hydrogens (tertiary/aromatic N) is 3. The Bertz CT molecular complexity index is 1430. The van der Waals surface area contributed by atoms with Crippen molar-refractivity contribution in [3.63, 3.8) is 0 Å². The second-order valence-corrected chi connectivity index (χ2v) is 11.2. The third kappa shape index (κ3) is 4.65. The predicted octanol–water partition coefficient (Wildman–Crippen LogP) is 4.14. The lowest BCUT2D eigenvalue weighted by Crippen LogP contribution is -2.44. The molecular weight excluding hydrogens is 467 g/mol. The molecule has 5 rings (SSSR count). The van der Waals surface area contributed by atoms with Gasteiger partial charge in [-0.2, -0.15) is 0 Å². The topological polar surface area (TPSA) is 93.5 Å². The van der Waals surface area contributed by atoms with Gasteiger partial charge in [0.15, 0.2) is 5.84 Å². The second kappa shape index (κ2) is 9.03. The number of benzene rings is 2. The van der Waals surface area contributed by atoms with Crippen LogP contribution in [-0.2, 0) is 21.1 Å². The van der Waals surface area contributed by atoms with Crippen LogP contribution in [0.4, 0.5) is 4.39 Å². The van der Waals surface area contributed by atoms with E-state index in [2.05, 4.69) is 45.6 Å². The summed E-state index contributed by atoms with van der Waals surface area (Å²) in [5.74, 6) is -0.0762. The average Bonchev–Trinajstić information content (AvgIpc) is 3.66. The second-order valence-electron chi connectivity index (χ2n) is 9.28. The molecular formula is C26H27FN4O3S. The van der Waals surface area contributed by atoms with Gasteiger partial charge in [0.1, 0.15) is 33.7 Å². The molecule has 1 N–H and O–H groups in total. The minimum Gasteiger partial charge on any atom is -0.392 e. The van der Waals surface area contributed by atoms with Crippen LogP contribution in [0, 0.1) is 26.6 Å². The molecule has 182 valence electrons. The van der Waals surface area contributed by atoms with E-state index in [0.29, 0.717) is 24.4 Å². The third-order valence-electron chi connectivity index (χ3n) is 6.43. The zero-order chi connectivity index (χ0) is 24.7. The molecule has 0 bridgehead atoms. The van der Waals surface area contributed by atoms with Crippen LogP contribution < -0.4 is 5.32 Å². The first-order chi connectivity index (χ1) is 16.7. The van der Waals surface area contributed by atoms with Gasteiger partial charge in [0.2, 0.25) is 9.84 Å². The molecule has 9 heteroatoms. The summed E-state index contributed by atoms with van der Waals surface area (Å²) in [5, 5.41) is 7.35. The zero-order valence-electron chi connectivity index (χ0n) is 19.9. The lowest BCUT2D eigenvalue weighted by atomic mass is 9.99. The lowest BCUT2D eigenvalue weighted by molar-refractivity contribution is 0.109. The van der Waals surface area contributed by atoms with Crippen LogP contribution in [0.5, 0.6) is 0 Å². The quantitative estimate of drug-likeness (QED) is 0.554.